The predicted octanol–water partition coefficient (Wildman–Crippen LogP) is 3.95. The van der Waals surface area contributed by atoms with Crippen LogP contribution in [-0.2, 0) is 6.42 Å². The molecule has 1 aromatic rings. The first-order valence-electron chi connectivity index (χ1n) is 6.08. The van der Waals surface area contributed by atoms with E-state index in [4.69, 9.17) is 11.6 Å². The predicted molar refractivity (Wildman–Crippen MR) is 73.9 cm³/mol. The van der Waals surface area contributed by atoms with E-state index in [0.717, 1.165) is 18.4 Å². The number of hydrogen-bond donors (Lipinski definition) is 1. The third-order valence-electron chi connectivity index (χ3n) is 2.66. The van der Waals surface area contributed by atoms with Crippen molar-refractivity contribution in [1.82, 2.24) is 5.32 Å². The summed E-state index contributed by atoms with van der Waals surface area (Å²) in [4.78, 5) is 0. The van der Waals surface area contributed by atoms with E-state index in [9.17, 15) is 8.78 Å². The fourth-order valence-electron chi connectivity index (χ4n) is 1.61. The van der Waals surface area contributed by atoms with E-state index >= 15 is 0 Å². The number of alkyl halides is 2. The molecule has 0 aliphatic carbocycles. The largest absolute Gasteiger partial charge is 0.435 e. The van der Waals surface area contributed by atoms with Crippen molar-refractivity contribution in [1.29, 1.82) is 0 Å². The molecular weight excluding hydrogens is 272 g/mol. The van der Waals surface area contributed by atoms with Crippen LogP contribution in [0.2, 0.25) is 0 Å². The maximum Gasteiger partial charge on any atom is 0.387 e. The second-order valence-corrected chi connectivity index (χ2v) is 4.89. The lowest BCUT2D eigenvalue weighted by Crippen LogP contribution is -2.27. The zero-order chi connectivity index (χ0) is 14.3. The van der Waals surface area contributed by atoms with Crippen LogP contribution in [-0.4, -0.2) is 19.2 Å². The molecule has 1 rings (SSSR count). The SMILES string of the molecule is C=C(Cl)CNC(C)CCc1ccc(OC(F)F)cc1. The molecule has 0 aliphatic heterocycles. The van der Waals surface area contributed by atoms with Crippen molar-refractivity contribution in [2.75, 3.05) is 6.54 Å². The maximum atomic E-state index is 12.0. The number of nitrogens with one attached hydrogen (secondary N) is 1. The summed E-state index contributed by atoms with van der Waals surface area (Å²) in [7, 11) is 0. The van der Waals surface area contributed by atoms with E-state index in [-0.39, 0.29) is 5.75 Å². The smallest absolute Gasteiger partial charge is 0.387 e. The Morgan fingerprint density at radius 3 is 2.53 bits per heavy atom. The van der Waals surface area contributed by atoms with Crippen molar-refractivity contribution in [3.8, 4) is 5.75 Å². The number of halogens is 3. The zero-order valence-corrected chi connectivity index (χ0v) is 11.6. The van der Waals surface area contributed by atoms with Gasteiger partial charge in [-0.3, -0.25) is 0 Å². The Morgan fingerprint density at radius 1 is 1.37 bits per heavy atom. The highest BCUT2D eigenvalue weighted by Crippen LogP contribution is 2.16. The Hall–Kier alpha value is -1.13. The lowest BCUT2D eigenvalue weighted by atomic mass is 10.1. The van der Waals surface area contributed by atoms with Crippen LogP contribution >= 0.6 is 11.6 Å². The number of aryl methyl sites for hydroxylation is 1. The molecule has 5 heteroatoms. The van der Waals surface area contributed by atoms with Gasteiger partial charge in [-0.25, -0.2) is 0 Å². The van der Waals surface area contributed by atoms with Crippen molar-refractivity contribution in [2.24, 2.45) is 0 Å². The molecule has 1 aromatic carbocycles. The van der Waals surface area contributed by atoms with Crippen LogP contribution in [0.5, 0.6) is 5.75 Å². The fraction of sp³-hybridized carbons (Fsp3) is 0.429. The van der Waals surface area contributed by atoms with E-state index in [2.05, 4.69) is 23.6 Å². The monoisotopic (exact) mass is 289 g/mol. The van der Waals surface area contributed by atoms with Crippen LogP contribution in [0.1, 0.15) is 18.9 Å². The third kappa shape index (κ3) is 7.13. The van der Waals surface area contributed by atoms with Crippen molar-refractivity contribution >= 4 is 11.6 Å². The summed E-state index contributed by atoms with van der Waals surface area (Å²) in [6.07, 6.45) is 1.79. The summed E-state index contributed by atoms with van der Waals surface area (Å²) < 4.78 is 28.2. The molecule has 1 unspecified atom stereocenters. The molecule has 0 spiro atoms. The quantitative estimate of drug-likeness (QED) is 0.782. The molecule has 19 heavy (non-hydrogen) atoms. The van der Waals surface area contributed by atoms with Crippen LogP contribution < -0.4 is 10.1 Å². The first-order valence-corrected chi connectivity index (χ1v) is 6.45. The van der Waals surface area contributed by atoms with Gasteiger partial charge in [-0.2, -0.15) is 8.78 Å². The molecule has 0 saturated heterocycles. The lowest BCUT2D eigenvalue weighted by Gasteiger charge is -2.13. The van der Waals surface area contributed by atoms with Gasteiger partial charge >= 0.3 is 6.61 Å². The molecule has 1 N–H and O–H groups in total. The van der Waals surface area contributed by atoms with Gasteiger partial charge in [0.25, 0.3) is 0 Å². The highest BCUT2D eigenvalue weighted by Gasteiger charge is 2.05. The minimum atomic E-state index is -2.78. The Morgan fingerprint density at radius 2 is 2.00 bits per heavy atom. The molecule has 0 aromatic heterocycles. The molecule has 0 heterocycles. The summed E-state index contributed by atoms with van der Waals surface area (Å²) >= 11 is 5.67. The summed E-state index contributed by atoms with van der Waals surface area (Å²) in [6, 6.07) is 7.02. The highest BCUT2D eigenvalue weighted by molar-refractivity contribution is 6.29. The van der Waals surface area contributed by atoms with Gasteiger partial charge in [0.2, 0.25) is 0 Å². The molecule has 2 nitrogen and oxygen atoms in total. The minimum Gasteiger partial charge on any atom is -0.435 e. The molecule has 0 fully saturated rings. The average Bonchev–Trinajstić information content (AvgIpc) is 2.35. The number of rotatable bonds is 8. The molecule has 0 saturated carbocycles. The summed E-state index contributed by atoms with van der Waals surface area (Å²) in [6.45, 7) is 3.48. The first kappa shape index (κ1) is 15.9. The second kappa shape index (κ2) is 8.12. The molecule has 0 radical (unpaired) electrons. The molecule has 0 bridgehead atoms. The van der Waals surface area contributed by atoms with Crippen molar-refractivity contribution < 1.29 is 13.5 Å². The van der Waals surface area contributed by atoms with Crippen molar-refractivity contribution in [2.45, 2.75) is 32.4 Å². The van der Waals surface area contributed by atoms with Gasteiger partial charge in [-0.15, -0.1) is 0 Å². The molecule has 1 atom stereocenters. The van der Waals surface area contributed by atoms with Crippen molar-refractivity contribution in [3.63, 3.8) is 0 Å². The Labute approximate surface area is 117 Å². The molecule has 0 aliphatic rings. The van der Waals surface area contributed by atoms with E-state index < -0.39 is 6.61 Å². The Balaban J connectivity index is 2.35. The van der Waals surface area contributed by atoms with Gasteiger partial charge < -0.3 is 10.1 Å². The summed E-state index contributed by atoms with van der Waals surface area (Å²) in [5.41, 5.74) is 1.08. The molecular formula is C14H18ClF2NO. The van der Waals surface area contributed by atoms with Crippen molar-refractivity contribution in [3.05, 3.63) is 41.4 Å². The highest BCUT2D eigenvalue weighted by atomic mass is 35.5. The van der Waals surface area contributed by atoms with Gasteiger partial charge in [0.1, 0.15) is 5.75 Å². The summed E-state index contributed by atoms with van der Waals surface area (Å²) in [5.74, 6) is 0.184. The van der Waals surface area contributed by atoms with Gasteiger partial charge in [0, 0.05) is 17.6 Å². The van der Waals surface area contributed by atoms with Gasteiger partial charge in [-0.05, 0) is 37.5 Å². The van der Waals surface area contributed by atoms with Gasteiger partial charge in [0.05, 0.1) is 0 Å². The normalized spacial score (nSPS) is 12.5. The second-order valence-electron chi connectivity index (χ2n) is 4.36. The molecule has 0 amide bonds. The minimum absolute atomic E-state index is 0.184. The van der Waals surface area contributed by atoms with E-state index in [0.29, 0.717) is 17.6 Å². The first-order chi connectivity index (χ1) is 8.97. The standard InChI is InChI=1S/C14H18ClF2NO/c1-10(15)9-18-11(2)3-4-12-5-7-13(8-6-12)19-14(16)17/h5-8,11,14,18H,1,3-4,9H2,2H3. The van der Waals surface area contributed by atoms with Crippen LogP contribution in [0.4, 0.5) is 8.78 Å². The maximum absolute atomic E-state index is 12.0. The number of benzene rings is 1. The Kier molecular flexibility index (Phi) is 6.81. The average molecular weight is 290 g/mol. The van der Waals surface area contributed by atoms with Crippen LogP contribution in [0.15, 0.2) is 35.9 Å². The third-order valence-corrected chi connectivity index (χ3v) is 2.79. The Bertz CT molecular complexity index is 395. The van der Waals surface area contributed by atoms with E-state index in [1.165, 1.54) is 0 Å². The topological polar surface area (TPSA) is 21.3 Å². The number of ether oxygens (including phenoxy) is 1. The van der Waals surface area contributed by atoms with Crippen LogP contribution in [0.3, 0.4) is 0 Å². The van der Waals surface area contributed by atoms with Gasteiger partial charge in [0.15, 0.2) is 0 Å². The van der Waals surface area contributed by atoms with E-state index in [1.54, 1.807) is 24.3 Å². The summed E-state index contributed by atoms with van der Waals surface area (Å²) in [5, 5.41) is 3.82. The number of hydrogen-bond acceptors (Lipinski definition) is 2. The zero-order valence-electron chi connectivity index (χ0n) is 10.8. The lowest BCUT2D eigenvalue weighted by molar-refractivity contribution is -0.0498. The van der Waals surface area contributed by atoms with E-state index in [1.807, 2.05) is 0 Å². The molecule has 106 valence electrons. The van der Waals surface area contributed by atoms with Crippen LogP contribution in [0, 0.1) is 0 Å². The van der Waals surface area contributed by atoms with Crippen LogP contribution in [0.25, 0.3) is 0 Å². The fourth-order valence-corrected chi connectivity index (χ4v) is 1.68. The van der Waals surface area contributed by atoms with Gasteiger partial charge in [-0.1, -0.05) is 30.3 Å².